The van der Waals surface area contributed by atoms with Gasteiger partial charge in [0.15, 0.2) is 5.82 Å². The van der Waals surface area contributed by atoms with E-state index in [4.69, 9.17) is 11.6 Å². The second-order valence-electron chi connectivity index (χ2n) is 2.22. The van der Waals surface area contributed by atoms with E-state index in [0.29, 0.717) is 11.3 Å². The highest BCUT2D eigenvalue weighted by Crippen LogP contribution is 2.14. The zero-order chi connectivity index (χ0) is 7.84. The number of nitrogens with two attached hydrogens (primary N) is 2. The molecule has 0 saturated heterocycles. The first kappa shape index (κ1) is 5.96. The van der Waals surface area contributed by atoms with E-state index in [1.165, 1.54) is 11.0 Å². The van der Waals surface area contributed by atoms with Gasteiger partial charge in [-0.25, -0.2) is 14.6 Å². The summed E-state index contributed by atoms with van der Waals surface area (Å²) in [4.78, 5) is 7.87. The van der Waals surface area contributed by atoms with Gasteiger partial charge in [-0.2, -0.15) is 0 Å². The lowest BCUT2D eigenvalue weighted by Crippen LogP contribution is -2.07. The summed E-state index contributed by atoms with van der Waals surface area (Å²) in [6.07, 6.45) is 3.10. The summed E-state index contributed by atoms with van der Waals surface area (Å²) in [6.45, 7) is 0. The molecule has 2 rings (SSSR count). The Labute approximate surface area is 62.6 Å². The first-order valence-corrected chi connectivity index (χ1v) is 3.11. The second-order valence-corrected chi connectivity index (χ2v) is 2.22. The Morgan fingerprint density at radius 1 is 1.36 bits per heavy atom. The number of rotatable bonds is 0. The predicted octanol–water partition coefficient (Wildman–Crippen LogP) is -0.273. The van der Waals surface area contributed by atoms with Gasteiger partial charge in [-0.05, 0) is 6.07 Å². The highest BCUT2D eigenvalue weighted by molar-refractivity contribution is 5.84. The fourth-order valence-electron chi connectivity index (χ4n) is 1.01. The predicted molar refractivity (Wildman–Crippen MR) is 42.1 cm³/mol. The summed E-state index contributed by atoms with van der Waals surface area (Å²) >= 11 is 0. The van der Waals surface area contributed by atoms with Crippen molar-refractivity contribution < 1.29 is 0 Å². The molecule has 5 heteroatoms. The van der Waals surface area contributed by atoms with Gasteiger partial charge in [-0.15, -0.1) is 0 Å². The lowest BCUT2D eigenvalue weighted by atomic mass is 10.4. The van der Waals surface area contributed by atoms with Gasteiger partial charge in [0.05, 0.1) is 5.52 Å². The van der Waals surface area contributed by atoms with Crippen LogP contribution in [0.25, 0.3) is 11.0 Å². The molecule has 0 aliphatic carbocycles. The van der Waals surface area contributed by atoms with E-state index in [0.717, 1.165) is 5.52 Å². The van der Waals surface area contributed by atoms with Crippen molar-refractivity contribution in [3.05, 3.63) is 18.6 Å². The Kier molecular flexibility index (Phi) is 1.00. The molecule has 0 saturated carbocycles. The van der Waals surface area contributed by atoms with Gasteiger partial charge in [0.2, 0.25) is 0 Å². The Morgan fingerprint density at radius 2 is 2.18 bits per heavy atom. The second kappa shape index (κ2) is 1.85. The molecule has 5 nitrogen and oxygen atoms in total. The third-order valence-corrected chi connectivity index (χ3v) is 1.51. The molecule has 2 heterocycles. The fourth-order valence-corrected chi connectivity index (χ4v) is 1.01. The van der Waals surface area contributed by atoms with Crippen molar-refractivity contribution in [1.82, 2.24) is 14.6 Å². The third kappa shape index (κ3) is 0.706. The summed E-state index contributed by atoms with van der Waals surface area (Å²) in [5.41, 5.74) is 6.99. The number of imidazole rings is 1. The maximum atomic E-state index is 5.55. The van der Waals surface area contributed by atoms with Crippen LogP contribution < -0.4 is 11.6 Å². The van der Waals surface area contributed by atoms with E-state index < -0.39 is 0 Å². The number of pyridine rings is 1. The topological polar surface area (TPSA) is 82.8 Å². The van der Waals surface area contributed by atoms with Crippen molar-refractivity contribution in [2.24, 2.45) is 0 Å². The van der Waals surface area contributed by atoms with Crippen LogP contribution >= 0.6 is 0 Å². The molecular weight excluding hydrogens is 142 g/mol. The number of nitrogen functional groups attached to an aromatic ring is 2. The molecule has 0 radical (unpaired) electrons. The van der Waals surface area contributed by atoms with E-state index in [9.17, 15) is 0 Å². The van der Waals surface area contributed by atoms with Crippen molar-refractivity contribution in [3.63, 3.8) is 0 Å². The lowest BCUT2D eigenvalue weighted by molar-refractivity contribution is 1.03. The largest absolute Gasteiger partial charge is 0.382 e. The number of anilines is 1. The van der Waals surface area contributed by atoms with Crippen molar-refractivity contribution in [2.75, 3.05) is 11.6 Å². The molecule has 0 aliphatic heterocycles. The number of aromatic nitrogens is 3. The van der Waals surface area contributed by atoms with Gasteiger partial charge in [0.1, 0.15) is 11.8 Å². The summed E-state index contributed by atoms with van der Waals surface area (Å²) < 4.78 is 1.36. The summed E-state index contributed by atoms with van der Waals surface area (Å²) in [7, 11) is 0. The van der Waals surface area contributed by atoms with Crippen LogP contribution in [-0.2, 0) is 0 Å². The van der Waals surface area contributed by atoms with E-state index in [1.54, 1.807) is 12.3 Å². The van der Waals surface area contributed by atoms with Crippen molar-refractivity contribution in [1.29, 1.82) is 0 Å². The molecule has 0 aromatic carbocycles. The Hall–Kier alpha value is -1.78. The van der Waals surface area contributed by atoms with Gasteiger partial charge < -0.3 is 11.6 Å². The van der Waals surface area contributed by atoms with Crippen LogP contribution in [-0.4, -0.2) is 14.6 Å². The summed E-state index contributed by atoms with van der Waals surface area (Å²) in [5, 5.41) is 0. The molecule has 2 aromatic heterocycles. The minimum absolute atomic E-state index is 0.405. The van der Waals surface area contributed by atoms with Crippen molar-refractivity contribution in [2.45, 2.75) is 0 Å². The average molecular weight is 149 g/mol. The quantitative estimate of drug-likeness (QED) is 0.505. The van der Waals surface area contributed by atoms with Gasteiger partial charge in [-0.3, -0.25) is 0 Å². The SMILES string of the molecule is Nc1nccc2ncn(N)c12. The number of nitrogens with zero attached hydrogens (tertiary/aromatic N) is 3. The number of hydrogen-bond donors (Lipinski definition) is 2. The summed E-state index contributed by atoms with van der Waals surface area (Å²) in [5.74, 6) is 5.92. The molecule has 0 amide bonds. The maximum Gasteiger partial charge on any atom is 0.151 e. The molecular formula is C6H7N5. The monoisotopic (exact) mass is 149 g/mol. The number of hydrogen-bond acceptors (Lipinski definition) is 4. The summed E-state index contributed by atoms with van der Waals surface area (Å²) in [6, 6.07) is 1.76. The average Bonchev–Trinajstić information content (AvgIpc) is 2.34. The fraction of sp³-hybridized carbons (Fsp3) is 0. The smallest absolute Gasteiger partial charge is 0.151 e. The van der Waals surface area contributed by atoms with Crippen LogP contribution in [0.2, 0.25) is 0 Å². The normalized spacial score (nSPS) is 10.5. The third-order valence-electron chi connectivity index (χ3n) is 1.51. The minimum atomic E-state index is 0.405. The van der Waals surface area contributed by atoms with Crippen LogP contribution in [0.3, 0.4) is 0 Å². The van der Waals surface area contributed by atoms with Crippen molar-refractivity contribution >= 4 is 16.9 Å². The zero-order valence-corrected chi connectivity index (χ0v) is 5.73. The maximum absolute atomic E-state index is 5.55. The molecule has 0 aliphatic rings. The van der Waals surface area contributed by atoms with Crippen LogP contribution in [0.15, 0.2) is 18.6 Å². The van der Waals surface area contributed by atoms with Crippen LogP contribution in [0, 0.1) is 0 Å². The lowest BCUT2D eigenvalue weighted by Gasteiger charge is -1.95. The first-order valence-electron chi connectivity index (χ1n) is 3.11. The molecule has 11 heavy (non-hydrogen) atoms. The Balaban J connectivity index is 2.96. The molecule has 0 atom stereocenters. The molecule has 2 aromatic rings. The molecule has 0 bridgehead atoms. The first-order chi connectivity index (χ1) is 5.29. The van der Waals surface area contributed by atoms with Crippen LogP contribution in [0.1, 0.15) is 0 Å². The molecule has 0 unspecified atom stereocenters. The van der Waals surface area contributed by atoms with Gasteiger partial charge in [0, 0.05) is 6.20 Å². The zero-order valence-electron chi connectivity index (χ0n) is 5.73. The Morgan fingerprint density at radius 3 is 2.91 bits per heavy atom. The molecule has 0 fully saturated rings. The van der Waals surface area contributed by atoms with Gasteiger partial charge in [0.25, 0.3) is 0 Å². The van der Waals surface area contributed by atoms with E-state index in [1.807, 2.05) is 0 Å². The highest BCUT2D eigenvalue weighted by atomic mass is 15.3. The Bertz CT molecular complexity index is 391. The van der Waals surface area contributed by atoms with Gasteiger partial charge >= 0.3 is 0 Å². The van der Waals surface area contributed by atoms with E-state index >= 15 is 0 Å². The number of fused-ring (bicyclic) bond motifs is 1. The van der Waals surface area contributed by atoms with Crippen molar-refractivity contribution in [3.8, 4) is 0 Å². The highest BCUT2D eigenvalue weighted by Gasteiger charge is 2.02. The minimum Gasteiger partial charge on any atom is -0.382 e. The van der Waals surface area contributed by atoms with E-state index in [-0.39, 0.29) is 0 Å². The van der Waals surface area contributed by atoms with E-state index in [2.05, 4.69) is 9.97 Å². The standard InChI is InChI=1S/C6H7N5/c7-6-5-4(1-2-9-6)10-3-11(5)8/h1-3H,8H2,(H2,7,9). The van der Waals surface area contributed by atoms with Crippen LogP contribution in [0.5, 0.6) is 0 Å². The molecule has 56 valence electrons. The van der Waals surface area contributed by atoms with Crippen LogP contribution in [0.4, 0.5) is 5.82 Å². The molecule has 4 N–H and O–H groups in total. The van der Waals surface area contributed by atoms with Gasteiger partial charge in [-0.1, -0.05) is 0 Å². The molecule has 0 spiro atoms.